The molecular formula is C12H14BrN3O2. The molecule has 0 saturated carbocycles. The quantitative estimate of drug-likeness (QED) is 0.919. The fourth-order valence-electron chi connectivity index (χ4n) is 1.61. The normalized spacial score (nSPS) is 10.6. The Balaban J connectivity index is 1.95. The van der Waals surface area contributed by atoms with E-state index in [1.54, 1.807) is 14.0 Å². The van der Waals surface area contributed by atoms with Gasteiger partial charge in [-0.05, 0) is 18.2 Å². The van der Waals surface area contributed by atoms with Crippen LogP contribution >= 0.6 is 15.9 Å². The number of halogens is 1. The van der Waals surface area contributed by atoms with Crippen molar-refractivity contribution in [2.24, 2.45) is 0 Å². The van der Waals surface area contributed by atoms with Crippen LogP contribution < -0.4 is 10.1 Å². The molecule has 5 nitrogen and oxygen atoms in total. The first kappa shape index (κ1) is 13.0. The molecule has 18 heavy (non-hydrogen) atoms. The number of hydrogen-bond acceptors (Lipinski definition) is 5. The molecule has 0 amide bonds. The zero-order valence-corrected chi connectivity index (χ0v) is 11.8. The monoisotopic (exact) mass is 311 g/mol. The summed E-state index contributed by atoms with van der Waals surface area (Å²) >= 11 is 3.44. The molecule has 0 fully saturated rings. The number of aryl methyl sites for hydroxylation is 1. The Hall–Kier alpha value is -1.40. The van der Waals surface area contributed by atoms with Crippen molar-refractivity contribution in [1.82, 2.24) is 15.5 Å². The highest BCUT2D eigenvalue weighted by Crippen LogP contribution is 2.22. The van der Waals surface area contributed by atoms with Crippen molar-refractivity contribution in [1.29, 1.82) is 0 Å². The molecule has 0 aliphatic carbocycles. The average Bonchev–Trinajstić information content (AvgIpc) is 2.75. The van der Waals surface area contributed by atoms with Gasteiger partial charge in [-0.15, -0.1) is 0 Å². The van der Waals surface area contributed by atoms with Crippen LogP contribution in [0.2, 0.25) is 0 Å². The molecule has 0 unspecified atom stereocenters. The number of rotatable bonds is 5. The fraction of sp³-hybridized carbons (Fsp3) is 0.333. The van der Waals surface area contributed by atoms with Gasteiger partial charge >= 0.3 is 0 Å². The van der Waals surface area contributed by atoms with Gasteiger partial charge in [-0.25, -0.2) is 0 Å². The predicted octanol–water partition coefficient (Wildman–Crippen LogP) is 2.44. The Morgan fingerprint density at radius 2 is 2.22 bits per heavy atom. The molecule has 0 radical (unpaired) electrons. The third-order valence-electron chi connectivity index (χ3n) is 2.41. The summed E-state index contributed by atoms with van der Waals surface area (Å²) in [5, 5.41) is 7.07. The van der Waals surface area contributed by atoms with E-state index in [9.17, 15) is 0 Å². The summed E-state index contributed by atoms with van der Waals surface area (Å²) in [6.07, 6.45) is 0. The predicted molar refractivity (Wildman–Crippen MR) is 70.3 cm³/mol. The lowest BCUT2D eigenvalue weighted by Crippen LogP contribution is -2.14. The van der Waals surface area contributed by atoms with Crippen LogP contribution in [0.15, 0.2) is 27.2 Å². The lowest BCUT2D eigenvalue weighted by Gasteiger charge is -2.09. The Kier molecular flexibility index (Phi) is 4.33. The van der Waals surface area contributed by atoms with Crippen molar-refractivity contribution < 1.29 is 9.26 Å². The molecule has 1 N–H and O–H groups in total. The van der Waals surface area contributed by atoms with Crippen molar-refractivity contribution in [3.05, 3.63) is 40.0 Å². The maximum Gasteiger partial charge on any atom is 0.223 e. The van der Waals surface area contributed by atoms with E-state index in [0.717, 1.165) is 15.8 Å². The molecule has 0 spiro atoms. The first-order valence-electron chi connectivity index (χ1n) is 5.51. The second kappa shape index (κ2) is 5.97. The number of nitrogens with zero attached hydrogens (tertiary/aromatic N) is 2. The highest BCUT2D eigenvalue weighted by Gasteiger charge is 2.05. The minimum Gasteiger partial charge on any atom is -0.496 e. The molecule has 0 aliphatic rings. The molecule has 1 aromatic heterocycles. The van der Waals surface area contributed by atoms with Gasteiger partial charge in [0.2, 0.25) is 5.89 Å². The van der Waals surface area contributed by atoms with Gasteiger partial charge in [-0.1, -0.05) is 21.1 Å². The summed E-state index contributed by atoms with van der Waals surface area (Å²) in [5.74, 6) is 2.09. The van der Waals surface area contributed by atoms with Gasteiger partial charge < -0.3 is 14.6 Å². The van der Waals surface area contributed by atoms with E-state index in [4.69, 9.17) is 9.26 Å². The summed E-state index contributed by atoms with van der Waals surface area (Å²) < 4.78 is 11.2. The van der Waals surface area contributed by atoms with Gasteiger partial charge in [-0.2, -0.15) is 4.98 Å². The van der Waals surface area contributed by atoms with E-state index < -0.39 is 0 Å². The Bertz CT molecular complexity index is 528. The van der Waals surface area contributed by atoms with Crippen LogP contribution in [-0.4, -0.2) is 17.3 Å². The number of ether oxygens (including phenoxy) is 1. The number of nitrogens with one attached hydrogen (secondary N) is 1. The molecule has 1 heterocycles. The maximum absolute atomic E-state index is 5.30. The summed E-state index contributed by atoms with van der Waals surface area (Å²) in [6, 6.07) is 5.90. The minimum absolute atomic E-state index is 0.563. The van der Waals surface area contributed by atoms with E-state index in [1.165, 1.54) is 0 Å². The van der Waals surface area contributed by atoms with Crippen molar-refractivity contribution in [2.75, 3.05) is 7.11 Å². The molecule has 0 atom stereocenters. The molecule has 0 bridgehead atoms. The number of aromatic nitrogens is 2. The molecule has 1 aromatic carbocycles. The highest BCUT2D eigenvalue weighted by atomic mass is 79.9. The largest absolute Gasteiger partial charge is 0.496 e. The van der Waals surface area contributed by atoms with Crippen molar-refractivity contribution in [3.8, 4) is 5.75 Å². The fourth-order valence-corrected chi connectivity index (χ4v) is 2.02. The first-order chi connectivity index (χ1) is 8.69. The van der Waals surface area contributed by atoms with Gasteiger partial charge in [0.15, 0.2) is 5.82 Å². The van der Waals surface area contributed by atoms with Crippen LogP contribution in [-0.2, 0) is 13.1 Å². The van der Waals surface area contributed by atoms with Crippen LogP contribution in [0.4, 0.5) is 0 Å². The summed E-state index contributed by atoms with van der Waals surface area (Å²) in [5.41, 5.74) is 1.08. The summed E-state index contributed by atoms with van der Waals surface area (Å²) in [4.78, 5) is 4.12. The maximum atomic E-state index is 5.30. The minimum atomic E-state index is 0.563. The first-order valence-corrected chi connectivity index (χ1v) is 6.30. The second-order valence-electron chi connectivity index (χ2n) is 3.79. The number of methoxy groups -OCH3 is 1. The molecule has 0 aliphatic heterocycles. The Labute approximate surface area is 114 Å². The summed E-state index contributed by atoms with van der Waals surface area (Å²) in [6.45, 7) is 3.01. The molecule has 96 valence electrons. The van der Waals surface area contributed by atoms with Crippen LogP contribution in [0.5, 0.6) is 5.75 Å². The smallest absolute Gasteiger partial charge is 0.223 e. The van der Waals surface area contributed by atoms with Crippen molar-refractivity contribution in [2.45, 2.75) is 20.0 Å². The van der Waals surface area contributed by atoms with E-state index in [0.29, 0.717) is 24.8 Å². The summed E-state index contributed by atoms with van der Waals surface area (Å²) in [7, 11) is 1.66. The standard InChI is InChI=1S/C12H14BrN3O2/c1-8-15-12(16-18-8)7-14-6-9-5-10(13)3-4-11(9)17-2/h3-5,14H,6-7H2,1-2H3. The van der Waals surface area contributed by atoms with Gasteiger partial charge in [0.05, 0.1) is 13.7 Å². The van der Waals surface area contributed by atoms with E-state index in [2.05, 4.69) is 31.4 Å². The van der Waals surface area contributed by atoms with Crippen molar-refractivity contribution in [3.63, 3.8) is 0 Å². The average molecular weight is 312 g/mol. The van der Waals surface area contributed by atoms with Gasteiger partial charge in [0, 0.05) is 23.5 Å². The third-order valence-corrected chi connectivity index (χ3v) is 2.90. The lowest BCUT2D eigenvalue weighted by atomic mass is 10.2. The SMILES string of the molecule is COc1ccc(Br)cc1CNCc1noc(C)n1. The van der Waals surface area contributed by atoms with E-state index in [1.807, 2.05) is 18.2 Å². The second-order valence-corrected chi connectivity index (χ2v) is 4.71. The zero-order chi connectivity index (χ0) is 13.0. The zero-order valence-electron chi connectivity index (χ0n) is 10.2. The molecular weight excluding hydrogens is 298 g/mol. The number of benzene rings is 1. The van der Waals surface area contributed by atoms with Crippen LogP contribution in [0.25, 0.3) is 0 Å². The third kappa shape index (κ3) is 3.30. The van der Waals surface area contributed by atoms with E-state index in [-0.39, 0.29) is 0 Å². The van der Waals surface area contributed by atoms with Crippen LogP contribution in [0, 0.1) is 6.92 Å². The molecule has 2 aromatic rings. The van der Waals surface area contributed by atoms with Crippen LogP contribution in [0.3, 0.4) is 0 Å². The van der Waals surface area contributed by atoms with Crippen molar-refractivity contribution >= 4 is 15.9 Å². The molecule has 0 saturated heterocycles. The molecule has 6 heteroatoms. The van der Waals surface area contributed by atoms with Gasteiger partial charge in [0.1, 0.15) is 5.75 Å². The Morgan fingerprint density at radius 1 is 1.39 bits per heavy atom. The highest BCUT2D eigenvalue weighted by molar-refractivity contribution is 9.10. The number of hydrogen-bond donors (Lipinski definition) is 1. The Morgan fingerprint density at radius 3 is 2.89 bits per heavy atom. The van der Waals surface area contributed by atoms with Gasteiger partial charge in [-0.3, -0.25) is 0 Å². The van der Waals surface area contributed by atoms with Gasteiger partial charge in [0.25, 0.3) is 0 Å². The lowest BCUT2D eigenvalue weighted by molar-refractivity contribution is 0.385. The topological polar surface area (TPSA) is 60.2 Å². The van der Waals surface area contributed by atoms with E-state index >= 15 is 0 Å². The van der Waals surface area contributed by atoms with Crippen LogP contribution in [0.1, 0.15) is 17.3 Å². The molecule has 2 rings (SSSR count).